The number of hydrogen-bond acceptors (Lipinski definition) is 8. The van der Waals surface area contributed by atoms with E-state index in [0.29, 0.717) is 47.9 Å². The summed E-state index contributed by atoms with van der Waals surface area (Å²) < 4.78 is 17.3. The number of nitrogens with zero attached hydrogens (tertiary/aromatic N) is 7. The molecule has 2 atom stereocenters. The lowest BCUT2D eigenvalue weighted by Gasteiger charge is -2.46. The van der Waals surface area contributed by atoms with Crippen LogP contribution in [0.25, 0.3) is 28.0 Å². The first-order valence-electron chi connectivity index (χ1n) is 14.7. The smallest absolute Gasteiger partial charge is 0.355 e. The van der Waals surface area contributed by atoms with Crippen molar-refractivity contribution >= 4 is 68.9 Å². The van der Waals surface area contributed by atoms with E-state index >= 15 is 4.39 Å². The number of nitrogens with two attached hydrogens (primary N) is 1. The Morgan fingerprint density at radius 3 is 2.54 bits per heavy atom. The molecule has 3 aromatic heterocycles. The second-order valence-corrected chi connectivity index (χ2v) is 13.3. The number of likely N-dealkylation sites (N-methyl/N-ethyl adjacent to an activating group) is 1. The fraction of sp³-hybridized carbons (Fsp3) is 0.344. The zero-order valence-electron chi connectivity index (χ0n) is 25.9. The second-order valence-electron chi connectivity index (χ2n) is 12.1. The van der Waals surface area contributed by atoms with Gasteiger partial charge in [0.15, 0.2) is 11.5 Å². The van der Waals surface area contributed by atoms with Crippen LogP contribution < -0.4 is 21.2 Å². The van der Waals surface area contributed by atoms with Crippen molar-refractivity contribution in [3.8, 4) is 16.9 Å². The van der Waals surface area contributed by atoms with Gasteiger partial charge in [-0.1, -0.05) is 55.2 Å². The van der Waals surface area contributed by atoms with E-state index < -0.39 is 11.5 Å². The van der Waals surface area contributed by atoms with Crippen molar-refractivity contribution < 1.29 is 9.18 Å². The highest BCUT2D eigenvalue weighted by atomic mass is 35.5. The number of nitrogen functional groups attached to an aromatic ring is 1. The molecule has 4 aromatic rings. The topological polar surface area (TPSA) is 113 Å². The summed E-state index contributed by atoms with van der Waals surface area (Å²) in [5.74, 6) is -0.747. The molecule has 0 aliphatic carbocycles. The maximum Gasteiger partial charge on any atom is 0.355 e. The SMILES string of the molecule is C=CC(=O)N1CC(C)N2c3nc(=O)n(-c4c(C)ccnc4C(C)C)c4nc(-c5c(N)c(Cl)cc(Cl)c5F)c(Cl)c(c34)N(C)CC2C1. The fourth-order valence-electron chi connectivity index (χ4n) is 6.66. The van der Waals surface area contributed by atoms with Crippen molar-refractivity contribution in [3.05, 3.63) is 73.6 Å². The third kappa shape index (κ3) is 4.87. The summed E-state index contributed by atoms with van der Waals surface area (Å²) >= 11 is 19.8. The number of hydrogen-bond donors (Lipinski definition) is 1. The highest BCUT2D eigenvalue weighted by Gasteiger charge is 2.41. The molecule has 1 aromatic carbocycles. The molecule has 0 saturated carbocycles. The molecule has 2 N–H and O–H groups in total. The van der Waals surface area contributed by atoms with E-state index in [9.17, 15) is 9.59 Å². The number of pyridine rings is 2. The Labute approximate surface area is 280 Å². The zero-order chi connectivity index (χ0) is 33.4. The maximum atomic E-state index is 15.9. The number of piperazine rings is 1. The van der Waals surface area contributed by atoms with Crippen LogP contribution in [0.2, 0.25) is 15.1 Å². The molecular weight excluding hydrogens is 654 g/mol. The van der Waals surface area contributed by atoms with Crippen LogP contribution in [0, 0.1) is 12.7 Å². The molecule has 46 heavy (non-hydrogen) atoms. The van der Waals surface area contributed by atoms with Gasteiger partial charge in [0, 0.05) is 38.9 Å². The van der Waals surface area contributed by atoms with Crippen molar-refractivity contribution in [2.24, 2.45) is 0 Å². The van der Waals surface area contributed by atoms with Gasteiger partial charge < -0.3 is 20.4 Å². The molecule has 1 saturated heterocycles. The Hall–Kier alpha value is -3.93. The number of aromatic nitrogens is 4. The van der Waals surface area contributed by atoms with Gasteiger partial charge in [-0.3, -0.25) is 9.78 Å². The minimum atomic E-state index is -0.853. The first-order valence-corrected chi connectivity index (χ1v) is 15.9. The molecule has 0 spiro atoms. The van der Waals surface area contributed by atoms with Crippen molar-refractivity contribution in [1.29, 1.82) is 0 Å². The number of halogens is 4. The van der Waals surface area contributed by atoms with Crippen LogP contribution >= 0.6 is 34.8 Å². The van der Waals surface area contributed by atoms with Crippen molar-refractivity contribution in [2.45, 2.75) is 45.7 Å². The van der Waals surface area contributed by atoms with Crippen molar-refractivity contribution in [3.63, 3.8) is 0 Å². The highest BCUT2D eigenvalue weighted by molar-refractivity contribution is 6.40. The van der Waals surface area contributed by atoms with Crippen molar-refractivity contribution in [1.82, 2.24) is 24.4 Å². The van der Waals surface area contributed by atoms with Crippen LogP contribution in [-0.4, -0.2) is 69.1 Å². The molecule has 0 radical (unpaired) electrons. The van der Waals surface area contributed by atoms with Crippen molar-refractivity contribution in [2.75, 3.05) is 42.2 Å². The Kier molecular flexibility index (Phi) is 8.15. The summed E-state index contributed by atoms with van der Waals surface area (Å²) in [4.78, 5) is 47.0. The first kappa shape index (κ1) is 32.0. The number of benzene rings is 1. The van der Waals surface area contributed by atoms with E-state index in [1.807, 2.05) is 39.6 Å². The molecule has 14 heteroatoms. The minimum Gasteiger partial charge on any atom is -0.397 e. The molecule has 1 fully saturated rings. The average molecular weight is 686 g/mol. The molecule has 10 nitrogen and oxygen atoms in total. The fourth-order valence-corrected chi connectivity index (χ4v) is 7.50. The number of anilines is 3. The number of fused-ring (bicyclic) bond motifs is 2. The van der Waals surface area contributed by atoms with Crippen LogP contribution in [0.4, 0.5) is 21.6 Å². The Morgan fingerprint density at radius 1 is 1.15 bits per heavy atom. The first-order chi connectivity index (χ1) is 21.8. The summed E-state index contributed by atoms with van der Waals surface area (Å²) in [6.45, 7) is 12.6. The molecular formula is C32H32Cl3FN8O2. The lowest BCUT2D eigenvalue weighted by Crippen LogP contribution is -2.61. The van der Waals surface area contributed by atoms with Gasteiger partial charge in [0.25, 0.3) is 0 Å². The van der Waals surface area contributed by atoms with Crippen LogP contribution in [0.1, 0.15) is 37.9 Å². The van der Waals surface area contributed by atoms with Gasteiger partial charge in [0.05, 0.1) is 60.5 Å². The van der Waals surface area contributed by atoms with E-state index in [-0.39, 0.29) is 61.6 Å². The van der Waals surface area contributed by atoms with Gasteiger partial charge in [-0.2, -0.15) is 4.98 Å². The number of carbonyl (C=O) groups excluding carboxylic acids is 1. The molecule has 0 bridgehead atoms. The van der Waals surface area contributed by atoms with Crippen LogP contribution in [-0.2, 0) is 4.79 Å². The Balaban J connectivity index is 1.79. The number of aryl methyl sites for hydroxylation is 1. The third-order valence-corrected chi connectivity index (χ3v) is 9.62. The third-order valence-electron chi connectivity index (χ3n) is 8.67. The quantitative estimate of drug-likeness (QED) is 0.158. The van der Waals surface area contributed by atoms with Gasteiger partial charge in [0.2, 0.25) is 5.91 Å². The van der Waals surface area contributed by atoms with E-state index in [1.165, 1.54) is 16.7 Å². The maximum absolute atomic E-state index is 15.9. The minimum absolute atomic E-state index is 0.0227. The molecule has 5 heterocycles. The summed E-state index contributed by atoms with van der Waals surface area (Å²) in [7, 11) is 1.84. The van der Waals surface area contributed by atoms with Crippen LogP contribution in [0.15, 0.2) is 35.8 Å². The Morgan fingerprint density at radius 2 is 1.87 bits per heavy atom. The van der Waals surface area contributed by atoms with E-state index in [4.69, 9.17) is 50.5 Å². The summed E-state index contributed by atoms with van der Waals surface area (Å²) in [5.41, 5.74) is 7.99. The number of carbonyl (C=O) groups is 1. The molecule has 240 valence electrons. The highest BCUT2D eigenvalue weighted by Crippen LogP contribution is 2.48. The second kappa shape index (κ2) is 11.7. The lowest BCUT2D eigenvalue weighted by atomic mass is 10.0. The van der Waals surface area contributed by atoms with Crippen LogP contribution in [0.5, 0.6) is 0 Å². The average Bonchev–Trinajstić information content (AvgIpc) is 3.12. The summed E-state index contributed by atoms with van der Waals surface area (Å²) in [5, 5.41) is 0.321. The van der Waals surface area contributed by atoms with E-state index in [1.54, 1.807) is 17.2 Å². The molecule has 2 aliphatic heterocycles. The molecule has 2 aliphatic rings. The van der Waals surface area contributed by atoms with Gasteiger partial charge in [-0.05, 0) is 43.5 Å². The van der Waals surface area contributed by atoms with Gasteiger partial charge in [-0.15, -0.1) is 0 Å². The van der Waals surface area contributed by atoms with Gasteiger partial charge >= 0.3 is 5.69 Å². The number of amides is 1. The monoisotopic (exact) mass is 684 g/mol. The predicted octanol–water partition coefficient (Wildman–Crippen LogP) is 6.00. The normalized spacial score (nSPS) is 17.8. The van der Waals surface area contributed by atoms with E-state index in [0.717, 1.165) is 5.56 Å². The molecule has 2 unspecified atom stereocenters. The summed E-state index contributed by atoms with van der Waals surface area (Å²) in [6, 6.07) is 2.49. The van der Waals surface area contributed by atoms with Crippen LogP contribution in [0.3, 0.4) is 0 Å². The van der Waals surface area contributed by atoms with Gasteiger partial charge in [-0.25, -0.2) is 18.7 Å². The molecule has 6 rings (SSSR count). The summed E-state index contributed by atoms with van der Waals surface area (Å²) in [6.07, 6.45) is 2.98. The number of rotatable bonds is 4. The van der Waals surface area contributed by atoms with E-state index in [2.05, 4.69) is 16.5 Å². The van der Waals surface area contributed by atoms with Gasteiger partial charge in [0.1, 0.15) is 5.82 Å². The predicted molar refractivity (Wildman–Crippen MR) is 182 cm³/mol. The molecule has 1 amide bonds. The standard InChI is InChI=1S/C32H32Cl3FN8O2/c1-7-20(45)42-11-16(5)43-17(13-42)12-41(6)29-22-30(39-27(23(29)35)21-24(36)18(33)10-19(34)25(21)37)44(32(46)40-31(22)43)28-15(4)8-9-38-26(28)14(2)3/h7-10,14,16-17H,1,11-13,37H2,2-6H3. The Bertz CT molecular complexity index is 1990. The largest absolute Gasteiger partial charge is 0.397 e. The zero-order valence-corrected chi connectivity index (χ0v) is 28.2. The lowest BCUT2D eigenvalue weighted by molar-refractivity contribution is -0.127.